The van der Waals surface area contributed by atoms with Crippen LogP contribution in [0.25, 0.3) is 22.5 Å². The highest BCUT2D eigenvalue weighted by atomic mass is 35.5. The number of nitrogens with zero attached hydrogens (tertiary/aromatic N) is 2. The molecular weight excluding hydrogens is 451 g/mol. The van der Waals surface area contributed by atoms with E-state index in [0.29, 0.717) is 22.9 Å². The van der Waals surface area contributed by atoms with Crippen LogP contribution in [-0.2, 0) is 16.0 Å². The standard InChI is InChI=1S/C24H24ClFN2O3.H2S/c1-13-27-23(28-31-13)22-19(11-17(25)12-20(22)26)15-7-8-18-14(9-15)5-6-16(18)10-21(29)30-24(2,3)4;/h7-9,11-12,16H,5-6,10H2,1-4H3;1H2/t16-;/m1./s1. The lowest BCUT2D eigenvalue weighted by molar-refractivity contribution is -0.155. The van der Waals surface area contributed by atoms with E-state index < -0.39 is 11.4 Å². The smallest absolute Gasteiger partial charge is 0.306 e. The van der Waals surface area contributed by atoms with E-state index in [2.05, 4.69) is 10.1 Å². The molecule has 0 N–H and O–H groups in total. The zero-order chi connectivity index (χ0) is 22.3. The Morgan fingerprint density at radius 2 is 2.03 bits per heavy atom. The Kier molecular flexibility index (Phi) is 7.00. The van der Waals surface area contributed by atoms with Crippen molar-refractivity contribution in [1.29, 1.82) is 0 Å². The van der Waals surface area contributed by atoms with E-state index in [1.165, 1.54) is 6.07 Å². The molecule has 170 valence electrons. The minimum atomic E-state index is -0.508. The zero-order valence-electron chi connectivity index (χ0n) is 18.5. The summed E-state index contributed by atoms with van der Waals surface area (Å²) in [5, 5.41) is 4.18. The number of aromatic nitrogens is 2. The molecule has 0 aliphatic heterocycles. The Morgan fingerprint density at radius 1 is 1.28 bits per heavy atom. The van der Waals surface area contributed by atoms with Crippen molar-refractivity contribution in [2.24, 2.45) is 0 Å². The Bertz CT molecular complexity index is 1160. The number of hydrogen-bond donors (Lipinski definition) is 0. The number of halogens is 2. The van der Waals surface area contributed by atoms with Crippen LogP contribution < -0.4 is 0 Å². The summed E-state index contributed by atoms with van der Waals surface area (Å²) in [5.41, 5.74) is 3.45. The first-order valence-corrected chi connectivity index (χ1v) is 10.6. The monoisotopic (exact) mass is 476 g/mol. The van der Waals surface area contributed by atoms with Crippen molar-refractivity contribution in [2.75, 3.05) is 0 Å². The molecule has 4 rings (SSSR count). The van der Waals surface area contributed by atoms with Gasteiger partial charge in [-0.05, 0) is 73.9 Å². The van der Waals surface area contributed by atoms with E-state index in [0.717, 1.165) is 29.5 Å². The molecule has 8 heteroatoms. The van der Waals surface area contributed by atoms with Crippen molar-refractivity contribution in [3.63, 3.8) is 0 Å². The fourth-order valence-corrected chi connectivity index (χ4v) is 4.30. The molecule has 0 amide bonds. The summed E-state index contributed by atoms with van der Waals surface area (Å²) < 4.78 is 25.4. The average Bonchev–Trinajstić information content (AvgIpc) is 3.25. The van der Waals surface area contributed by atoms with Gasteiger partial charge in [-0.2, -0.15) is 18.5 Å². The van der Waals surface area contributed by atoms with Crippen LogP contribution in [0.3, 0.4) is 0 Å². The minimum Gasteiger partial charge on any atom is -0.460 e. The predicted octanol–water partition coefficient (Wildman–Crippen LogP) is 6.38. The van der Waals surface area contributed by atoms with Crippen molar-refractivity contribution in [2.45, 2.75) is 58.5 Å². The van der Waals surface area contributed by atoms with Crippen molar-refractivity contribution < 1.29 is 18.4 Å². The van der Waals surface area contributed by atoms with Gasteiger partial charge in [0, 0.05) is 11.9 Å². The molecule has 0 saturated carbocycles. The maximum Gasteiger partial charge on any atom is 0.306 e. The number of esters is 1. The molecule has 3 aromatic rings. The average molecular weight is 477 g/mol. The number of fused-ring (bicyclic) bond motifs is 1. The summed E-state index contributed by atoms with van der Waals surface area (Å²) in [5.74, 6) is -0.0405. The molecule has 0 radical (unpaired) electrons. The van der Waals surface area contributed by atoms with Gasteiger partial charge in [0.1, 0.15) is 11.4 Å². The normalized spacial score (nSPS) is 15.2. The van der Waals surface area contributed by atoms with Gasteiger partial charge in [-0.3, -0.25) is 4.79 Å². The first-order chi connectivity index (χ1) is 14.6. The number of benzene rings is 2. The van der Waals surface area contributed by atoms with Crippen LogP contribution in [0.4, 0.5) is 4.39 Å². The highest BCUT2D eigenvalue weighted by Crippen LogP contribution is 2.41. The molecule has 1 aliphatic rings. The van der Waals surface area contributed by atoms with Crippen molar-refractivity contribution in [1.82, 2.24) is 10.1 Å². The second-order valence-corrected chi connectivity index (χ2v) is 9.32. The van der Waals surface area contributed by atoms with Gasteiger partial charge < -0.3 is 9.26 Å². The van der Waals surface area contributed by atoms with Gasteiger partial charge in [-0.25, -0.2) is 4.39 Å². The van der Waals surface area contributed by atoms with Gasteiger partial charge in [-0.15, -0.1) is 0 Å². The van der Waals surface area contributed by atoms with Gasteiger partial charge in [-0.1, -0.05) is 35.0 Å². The predicted molar refractivity (Wildman–Crippen MR) is 127 cm³/mol. The van der Waals surface area contributed by atoms with Crippen LogP contribution in [0, 0.1) is 12.7 Å². The second-order valence-electron chi connectivity index (χ2n) is 8.89. The number of aryl methyl sites for hydroxylation is 2. The first kappa shape index (κ1) is 24.3. The Hall–Kier alpha value is -2.38. The summed E-state index contributed by atoms with van der Waals surface area (Å²) in [7, 11) is 0. The topological polar surface area (TPSA) is 65.2 Å². The summed E-state index contributed by atoms with van der Waals surface area (Å²) in [4.78, 5) is 16.5. The van der Waals surface area contributed by atoms with Gasteiger partial charge in [0.2, 0.25) is 11.7 Å². The van der Waals surface area contributed by atoms with Crippen molar-refractivity contribution in [3.05, 3.63) is 58.2 Å². The lowest BCUT2D eigenvalue weighted by Crippen LogP contribution is -2.24. The van der Waals surface area contributed by atoms with E-state index in [4.69, 9.17) is 20.9 Å². The van der Waals surface area contributed by atoms with E-state index in [-0.39, 0.29) is 36.8 Å². The largest absolute Gasteiger partial charge is 0.460 e. The molecule has 1 atom stereocenters. The Labute approximate surface area is 198 Å². The highest BCUT2D eigenvalue weighted by Gasteiger charge is 2.28. The molecule has 1 aliphatic carbocycles. The Balaban J connectivity index is 0.00000289. The maximum atomic E-state index is 14.8. The van der Waals surface area contributed by atoms with Gasteiger partial charge >= 0.3 is 5.97 Å². The molecule has 0 spiro atoms. The number of carbonyl (C=O) groups is 1. The zero-order valence-corrected chi connectivity index (χ0v) is 20.2. The number of rotatable bonds is 4. The third-order valence-electron chi connectivity index (χ3n) is 5.30. The molecular formula is C24H26ClFN2O3S. The summed E-state index contributed by atoms with van der Waals surface area (Å²) in [6, 6.07) is 8.92. The SMILES string of the molecule is Cc1nc(-c2c(F)cc(Cl)cc2-c2ccc3c(c2)CC[C@@H]3CC(=O)OC(C)(C)C)no1.S. The Morgan fingerprint density at radius 3 is 2.69 bits per heavy atom. The minimum absolute atomic E-state index is 0. The van der Waals surface area contributed by atoms with Crippen LogP contribution in [0.5, 0.6) is 0 Å². The van der Waals surface area contributed by atoms with E-state index in [9.17, 15) is 9.18 Å². The maximum absolute atomic E-state index is 14.8. The quantitative estimate of drug-likeness (QED) is 0.409. The first-order valence-electron chi connectivity index (χ1n) is 10.3. The summed E-state index contributed by atoms with van der Waals surface area (Å²) in [6.45, 7) is 7.26. The molecule has 1 heterocycles. The number of ether oxygens (including phenoxy) is 1. The third-order valence-corrected chi connectivity index (χ3v) is 5.51. The van der Waals surface area contributed by atoms with Crippen LogP contribution in [0.15, 0.2) is 34.9 Å². The summed E-state index contributed by atoms with van der Waals surface area (Å²) in [6.07, 6.45) is 2.07. The van der Waals surface area contributed by atoms with E-state index in [1.807, 2.05) is 39.0 Å². The van der Waals surface area contributed by atoms with Gasteiger partial charge in [0.25, 0.3) is 0 Å². The van der Waals surface area contributed by atoms with E-state index in [1.54, 1.807) is 13.0 Å². The fraction of sp³-hybridized carbons (Fsp3) is 0.375. The highest BCUT2D eigenvalue weighted by molar-refractivity contribution is 7.59. The molecule has 2 aromatic carbocycles. The van der Waals surface area contributed by atoms with Crippen molar-refractivity contribution >= 4 is 31.1 Å². The van der Waals surface area contributed by atoms with Crippen LogP contribution in [-0.4, -0.2) is 21.7 Å². The molecule has 0 unspecified atom stereocenters. The van der Waals surface area contributed by atoms with Crippen LogP contribution in [0.1, 0.15) is 56.5 Å². The van der Waals surface area contributed by atoms with E-state index >= 15 is 0 Å². The fourth-order valence-electron chi connectivity index (χ4n) is 4.10. The second kappa shape index (κ2) is 9.24. The number of hydrogen-bond acceptors (Lipinski definition) is 5. The lowest BCUT2D eigenvalue weighted by atomic mass is 9.93. The molecule has 1 aromatic heterocycles. The lowest BCUT2D eigenvalue weighted by Gasteiger charge is -2.21. The molecule has 32 heavy (non-hydrogen) atoms. The summed E-state index contributed by atoms with van der Waals surface area (Å²) >= 11 is 6.16. The molecule has 0 saturated heterocycles. The van der Waals surface area contributed by atoms with Gasteiger partial charge in [0.15, 0.2) is 0 Å². The van der Waals surface area contributed by atoms with Crippen molar-refractivity contribution in [3.8, 4) is 22.5 Å². The molecule has 0 bridgehead atoms. The molecule has 0 fully saturated rings. The van der Waals surface area contributed by atoms with Crippen LogP contribution >= 0.6 is 25.1 Å². The molecule has 5 nitrogen and oxygen atoms in total. The van der Waals surface area contributed by atoms with Crippen LogP contribution in [0.2, 0.25) is 5.02 Å². The third kappa shape index (κ3) is 5.15. The van der Waals surface area contributed by atoms with Gasteiger partial charge in [0.05, 0.1) is 12.0 Å². The number of carbonyl (C=O) groups excluding carboxylic acids is 1.